The van der Waals surface area contributed by atoms with Crippen molar-refractivity contribution >= 4 is 23.5 Å². The quantitative estimate of drug-likeness (QED) is 0.855. The zero-order valence-corrected chi connectivity index (χ0v) is 14.3. The van der Waals surface area contributed by atoms with Gasteiger partial charge in [0, 0.05) is 12.6 Å². The second-order valence-corrected chi connectivity index (χ2v) is 6.07. The number of anilines is 1. The maximum absolute atomic E-state index is 12.5. The summed E-state index contributed by atoms with van der Waals surface area (Å²) in [6, 6.07) is 12.5. The number of ketones is 1. The third kappa shape index (κ3) is 3.88. The van der Waals surface area contributed by atoms with E-state index in [2.05, 4.69) is 5.32 Å². The van der Waals surface area contributed by atoms with Gasteiger partial charge in [0.05, 0.1) is 11.7 Å². The highest BCUT2D eigenvalue weighted by Crippen LogP contribution is 2.34. The Kier molecular flexibility index (Phi) is 4.57. The molecule has 0 fully saturated rings. The van der Waals surface area contributed by atoms with Crippen molar-refractivity contribution in [2.45, 2.75) is 26.9 Å². The van der Waals surface area contributed by atoms with Crippen LogP contribution in [0.1, 0.15) is 36.7 Å². The van der Waals surface area contributed by atoms with E-state index in [1.165, 1.54) is 6.92 Å². The summed E-state index contributed by atoms with van der Waals surface area (Å²) in [6.07, 6.45) is 1.80. The van der Waals surface area contributed by atoms with Gasteiger partial charge in [0.1, 0.15) is 11.5 Å². The molecule has 0 saturated heterocycles. The molecular formula is C20H19NO4. The fourth-order valence-electron chi connectivity index (χ4n) is 2.54. The Hall–Kier alpha value is -3.08. The molecule has 0 aromatic heterocycles. The Labute approximate surface area is 146 Å². The molecule has 5 heteroatoms. The van der Waals surface area contributed by atoms with E-state index < -0.39 is 0 Å². The molecule has 0 spiro atoms. The van der Waals surface area contributed by atoms with Gasteiger partial charge in [-0.15, -0.1) is 0 Å². The maximum Gasteiger partial charge on any atom is 0.232 e. The number of allylic oxidation sites excluding steroid dienone is 1. The van der Waals surface area contributed by atoms with Crippen molar-refractivity contribution in [1.29, 1.82) is 0 Å². The zero-order valence-electron chi connectivity index (χ0n) is 14.3. The normalized spacial score (nSPS) is 14.4. The molecule has 0 saturated carbocycles. The lowest BCUT2D eigenvalue weighted by Crippen LogP contribution is -2.06. The molecule has 2 aromatic rings. The van der Waals surface area contributed by atoms with Gasteiger partial charge in [-0.2, -0.15) is 0 Å². The van der Waals surface area contributed by atoms with Crippen molar-refractivity contribution < 1.29 is 19.1 Å². The van der Waals surface area contributed by atoms with Gasteiger partial charge >= 0.3 is 0 Å². The molecule has 1 amide bonds. The Morgan fingerprint density at radius 3 is 2.52 bits per heavy atom. The third-order valence-electron chi connectivity index (χ3n) is 3.54. The minimum Gasteiger partial charge on any atom is -0.491 e. The van der Waals surface area contributed by atoms with Gasteiger partial charge < -0.3 is 14.8 Å². The molecule has 5 nitrogen and oxygen atoms in total. The summed E-state index contributed by atoms with van der Waals surface area (Å²) in [6.45, 7) is 5.35. The Balaban J connectivity index is 1.81. The lowest BCUT2D eigenvalue weighted by molar-refractivity contribution is -0.114. The number of Topliss-reactive ketones (excluding diaryl/α,β-unsaturated/α-hetero) is 1. The SMILES string of the molecule is CC(=O)Nc1ccc2c(c1)C(=O)/C(=C/c1ccc(OC(C)C)cc1)O2. The van der Waals surface area contributed by atoms with E-state index in [1.807, 2.05) is 38.1 Å². The molecule has 0 bridgehead atoms. The molecule has 2 aromatic carbocycles. The number of amides is 1. The summed E-state index contributed by atoms with van der Waals surface area (Å²) in [7, 11) is 0. The molecule has 25 heavy (non-hydrogen) atoms. The average Bonchev–Trinajstić information content (AvgIpc) is 2.84. The van der Waals surface area contributed by atoms with Crippen LogP contribution in [0.15, 0.2) is 48.2 Å². The number of nitrogens with one attached hydrogen (secondary N) is 1. The lowest BCUT2D eigenvalue weighted by atomic mass is 10.1. The van der Waals surface area contributed by atoms with Crippen molar-refractivity contribution in [3.05, 3.63) is 59.4 Å². The van der Waals surface area contributed by atoms with Crippen molar-refractivity contribution in [2.75, 3.05) is 5.32 Å². The fourth-order valence-corrected chi connectivity index (χ4v) is 2.54. The first-order valence-electron chi connectivity index (χ1n) is 8.05. The predicted octanol–water partition coefficient (Wildman–Crippen LogP) is 4.05. The molecule has 128 valence electrons. The van der Waals surface area contributed by atoms with Crippen molar-refractivity contribution in [1.82, 2.24) is 0 Å². The van der Waals surface area contributed by atoms with E-state index in [1.54, 1.807) is 24.3 Å². The molecule has 1 aliphatic rings. The van der Waals surface area contributed by atoms with Crippen LogP contribution in [0.3, 0.4) is 0 Å². The first-order chi connectivity index (χ1) is 11.9. The van der Waals surface area contributed by atoms with Gasteiger partial charge in [-0.1, -0.05) is 12.1 Å². The standard InChI is InChI=1S/C20H19NO4/c1-12(2)24-16-7-4-14(5-8-16)10-19-20(23)17-11-15(21-13(3)22)6-9-18(17)25-19/h4-12H,1-3H3,(H,21,22)/b19-10-. The topological polar surface area (TPSA) is 64.6 Å². The van der Waals surface area contributed by atoms with Gasteiger partial charge in [-0.3, -0.25) is 9.59 Å². The van der Waals surface area contributed by atoms with Crippen LogP contribution in [0.2, 0.25) is 0 Å². The van der Waals surface area contributed by atoms with Crippen LogP contribution in [0.5, 0.6) is 11.5 Å². The largest absolute Gasteiger partial charge is 0.491 e. The van der Waals surface area contributed by atoms with Crippen LogP contribution in [-0.4, -0.2) is 17.8 Å². The van der Waals surface area contributed by atoms with Crippen LogP contribution in [-0.2, 0) is 4.79 Å². The zero-order chi connectivity index (χ0) is 18.0. The highest BCUT2D eigenvalue weighted by molar-refractivity contribution is 6.15. The van der Waals surface area contributed by atoms with Gasteiger partial charge in [-0.25, -0.2) is 0 Å². The van der Waals surface area contributed by atoms with E-state index in [-0.39, 0.29) is 23.6 Å². The van der Waals surface area contributed by atoms with Gasteiger partial charge in [0.15, 0.2) is 5.76 Å². The van der Waals surface area contributed by atoms with Gasteiger partial charge in [0.25, 0.3) is 0 Å². The highest BCUT2D eigenvalue weighted by atomic mass is 16.5. The first-order valence-corrected chi connectivity index (χ1v) is 8.05. The van der Waals surface area contributed by atoms with E-state index in [0.717, 1.165) is 11.3 Å². The molecule has 1 N–H and O–H groups in total. The Morgan fingerprint density at radius 1 is 1.16 bits per heavy atom. The number of fused-ring (bicyclic) bond motifs is 1. The minimum atomic E-state index is -0.204. The minimum absolute atomic E-state index is 0.108. The average molecular weight is 337 g/mol. The van der Waals surface area contributed by atoms with Crippen LogP contribution >= 0.6 is 0 Å². The number of ether oxygens (including phenoxy) is 2. The number of hydrogen-bond donors (Lipinski definition) is 1. The number of benzene rings is 2. The van der Waals surface area contributed by atoms with Gasteiger partial charge in [-0.05, 0) is 55.8 Å². The lowest BCUT2D eigenvalue weighted by Gasteiger charge is -2.09. The monoisotopic (exact) mass is 337 g/mol. The van der Waals surface area contributed by atoms with E-state index in [4.69, 9.17) is 9.47 Å². The highest BCUT2D eigenvalue weighted by Gasteiger charge is 2.27. The van der Waals surface area contributed by atoms with Crippen LogP contribution in [0, 0.1) is 0 Å². The second-order valence-electron chi connectivity index (χ2n) is 6.07. The number of rotatable bonds is 4. The van der Waals surface area contributed by atoms with Crippen LogP contribution < -0.4 is 14.8 Å². The molecule has 0 unspecified atom stereocenters. The van der Waals surface area contributed by atoms with Crippen molar-refractivity contribution in [3.8, 4) is 11.5 Å². The summed E-state index contributed by atoms with van der Waals surface area (Å²) in [5.74, 6) is 1.13. The van der Waals surface area contributed by atoms with Crippen LogP contribution in [0.25, 0.3) is 6.08 Å². The molecule has 0 radical (unpaired) electrons. The Bertz CT molecular complexity index is 850. The molecular weight excluding hydrogens is 318 g/mol. The third-order valence-corrected chi connectivity index (χ3v) is 3.54. The van der Waals surface area contributed by atoms with Crippen molar-refractivity contribution in [3.63, 3.8) is 0 Å². The van der Waals surface area contributed by atoms with E-state index >= 15 is 0 Å². The summed E-state index contributed by atoms with van der Waals surface area (Å²) >= 11 is 0. The first kappa shape index (κ1) is 16.8. The second kappa shape index (κ2) is 6.81. The molecule has 1 aliphatic heterocycles. The summed E-state index contributed by atoms with van der Waals surface area (Å²) < 4.78 is 11.2. The van der Waals surface area contributed by atoms with Crippen LogP contribution in [0.4, 0.5) is 5.69 Å². The van der Waals surface area contributed by atoms with Gasteiger partial charge in [0.2, 0.25) is 11.7 Å². The number of carbonyl (C=O) groups excluding carboxylic acids is 2. The number of carbonyl (C=O) groups is 2. The fraction of sp³-hybridized carbons (Fsp3) is 0.200. The van der Waals surface area contributed by atoms with E-state index in [0.29, 0.717) is 17.0 Å². The summed E-state index contributed by atoms with van der Waals surface area (Å²) in [5.41, 5.74) is 1.85. The predicted molar refractivity (Wildman–Crippen MR) is 95.9 cm³/mol. The Morgan fingerprint density at radius 2 is 1.88 bits per heavy atom. The van der Waals surface area contributed by atoms with E-state index in [9.17, 15) is 9.59 Å². The molecule has 0 atom stereocenters. The molecule has 3 rings (SSSR count). The number of hydrogen-bond acceptors (Lipinski definition) is 4. The van der Waals surface area contributed by atoms with Crippen molar-refractivity contribution in [2.24, 2.45) is 0 Å². The molecule has 0 aliphatic carbocycles. The maximum atomic E-state index is 12.5. The molecule has 1 heterocycles. The smallest absolute Gasteiger partial charge is 0.232 e. The summed E-state index contributed by atoms with van der Waals surface area (Å²) in [4.78, 5) is 23.7. The summed E-state index contributed by atoms with van der Waals surface area (Å²) in [5, 5.41) is 2.66.